The number of aromatic nitrogens is 2. The molecule has 4 nitrogen and oxygen atoms in total. The number of nitrogens with zero attached hydrogens (tertiary/aromatic N) is 2. The number of hydrogen-bond donors (Lipinski definition) is 1. The summed E-state index contributed by atoms with van der Waals surface area (Å²) in [5.74, 6) is 0.0232. The number of aromatic amines is 1. The first-order valence-corrected chi connectivity index (χ1v) is 8.22. The maximum atomic E-state index is 12.4. The SMILES string of the molecule is CCCc1cc(C(=O)N2CC=C(c3cccs3)CC2)n[nH]1. The average Bonchev–Trinajstić information content (AvgIpc) is 3.19. The van der Waals surface area contributed by atoms with Gasteiger partial charge in [-0.25, -0.2) is 0 Å². The number of thiophene rings is 1. The van der Waals surface area contributed by atoms with Gasteiger partial charge in [-0.3, -0.25) is 9.89 Å². The normalized spacial score (nSPS) is 15.1. The third-order valence-corrected chi connectivity index (χ3v) is 4.65. The second-order valence-electron chi connectivity index (χ2n) is 5.24. The topological polar surface area (TPSA) is 49.0 Å². The number of aryl methyl sites for hydroxylation is 1. The Balaban J connectivity index is 1.67. The highest BCUT2D eigenvalue weighted by Gasteiger charge is 2.21. The molecule has 3 heterocycles. The Morgan fingerprint density at radius 2 is 2.43 bits per heavy atom. The van der Waals surface area contributed by atoms with Gasteiger partial charge in [0.25, 0.3) is 5.91 Å². The molecule has 0 aromatic carbocycles. The number of rotatable bonds is 4. The fraction of sp³-hybridized carbons (Fsp3) is 0.375. The molecule has 21 heavy (non-hydrogen) atoms. The lowest BCUT2D eigenvalue weighted by atomic mass is 10.1. The van der Waals surface area contributed by atoms with E-state index in [9.17, 15) is 4.79 Å². The molecular formula is C16H19N3OS. The van der Waals surface area contributed by atoms with Crippen molar-refractivity contribution >= 4 is 22.8 Å². The van der Waals surface area contributed by atoms with Crippen LogP contribution in [-0.4, -0.2) is 34.1 Å². The first-order valence-electron chi connectivity index (χ1n) is 7.34. The van der Waals surface area contributed by atoms with Crippen LogP contribution in [0, 0.1) is 0 Å². The minimum Gasteiger partial charge on any atom is -0.333 e. The highest BCUT2D eigenvalue weighted by atomic mass is 32.1. The second-order valence-corrected chi connectivity index (χ2v) is 6.18. The molecule has 0 radical (unpaired) electrons. The average molecular weight is 301 g/mol. The summed E-state index contributed by atoms with van der Waals surface area (Å²) >= 11 is 1.76. The summed E-state index contributed by atoms with van der Waals surface area (Å²) in [6.07, 6.45) is 5.06. The standard InChI is InChI=1S/C16H19N3OS/c1-2-4-13-11-14(18-17-13)16(20)19-8-6-12(7-9-19)15-5-3-10-21-15/h3,5-6,10-11H,2,4,7-9H2,1H3,(H,17,18). The minimum absolute atomic E-state index is 0.0232. The van der Waals surface area contributed by atoms with E-state index in [1.807, 2.05) is 11.0 Å². The zero-order valence-corrected chi connectivity index (χ0v) is 12.9. The van der Waals surface area contributed by atoms with Gasteiger partial charge in [-0.2, -0.15) is 5.10 Å². The van der Waals surface area contributed by atoms with Crippen molar-refractivity contribution in [3.63, 3.8) is 0 Å². The fourth-order valence-electron chi connectivity index (χ4n) is 2.57. The molecule has 3 rings (SSSR count). The third kappa shape index (κ3) is 3.08. The highest BCUT2D eigenvalue weighted by Crippen LogP contribution is 2.26. The highest BCUT2D eigenvalue weighted by molar-refractivity contribution is 7.11. The molecule has 1 aliphatic heterocycles. The molecule has 1 N–H and O–H groups in total. The Morgan fingerprint density at radius 3 is 3.10 bits per heavy atom. The summed E-state index contributed by atoms with van der Waals surface area (Å²) in [4.78, 5) is 15.6. The van der Waals surface area contributed by atoms with E-state index in [0.717, 1.165) is 31.5 Å². The summed E-state index contributed by atoms with van der Waals surface area (Å²) < 4.78 is 0. The molecule has 0 bridgehead atoms. The van der Waals surface area contributed by atoms with Gasteiger partial charge in [-0.1, -0.05) is 25.5 Å². The van der Waals surface area contributed by atoms with Crippen LogP contribution in [0.1, 0.15) is 40.8 Å². The van der Waals surface area contributed by atoms with Crippen molar-refractivity contribution in [3.05, 3.63) is 45.9 Å². The number of carbonyl (C=O) groups excluding carboxylic acids is 1. The molecule has 0 saturated heterocycles. The maximum absolute atomic E-state index is 12.4. The minimum atomic E-state index is 0.0232. The van der Waals surface area contributed by atoms with Crippen molar-refractivity contribution in [2.75, 3.05) is 13.1 Å². The van der Waals surface area contributed by atoms with E-state index in [2.05, 4.69) is 40.7 Å². The number of nitrogens with one attached hydrogen (secondary N) is 1. The van der Waals surface area contributed by atoms with Crippen LogP contribution in [0.3, 0.4) is 0 Å². The van der Waals surface area contributed by atoms with E-state index in [4.69, 9.17) is 0 Å². The van der Waals surface area contributed by atoms with Crippen molar-refractivity contribution in [2.45, 2.75) is 26.2 Å². The van der Waals surface area contributed by atoms with Crippen molar-refractivity contribution < 1.29 is 4.79 Å². The van der Waals surface area contributed by atoms with Gasteiger partial charge in [0.15, 0.2) is 0 Å². The molecule has 0 unspecified atom stereocenters. The van der Waals surface area contributed by atoms with Gasteiger partial charge < -0.3 is 4.90 Å². The van der Waals surface area contributed by atoms with Crippen molar-refractivity contribution in [2.24, 2.45) is 0 Å². The van der Waals surface area contributed by atoms with Gasteiger partial charge in [0.2, 0.25) is 0 Å². The lowest BCUT2D eigenvalue weighted by molar-refractivity contribution is 0.0767. The van der Waals surface area contributed by atoms with Crippen LogP contribution in [0.15, 0.2) is 29.7 Å². The summed E-state index contributed by atoms with van der Waals surface area (Å²) in [5, 5.41) is 9.18. The molecule has 0 saturated carbocycles. The molecule has 0 fully saturated rings. The summed E-state index contributed by atoms with van der Waals surface area (Å²) in [6.45, 7) is 3.55. The molecule has 0 atom stereocenters. The smallest absolute Gasteiger partial charge is 0.274 e. The van der Waals surface area contributed by atoms with Crippen LogP contribution < -0.4 is 0 Å². The maximum Gasteiger partial charge on any atom is 0.274 e. The first kappa shape index (κ1) is 14.1. The van der Waals surface area contributed by atoms with Crippen molar-refractivity contribution in [1.82, 2.24) is 15.1 Å². The van der Waals surface area contributed by atoms with Gasteiger partial charge in [0.05, 0.1) is 0 Å². The molecule has 0 aliphatic carbocycles. The van der Waals surface area contributed by atoms with Crippen LogP contribution in [0.2, 0.25) is 0 Å². The lowest BCUT2D eigenvalue weighted by Gasteiger charge is -2.25. The summed E-state index contributed by atoms with van der Waals surface area (Å²) in [7, 11) is 0. The third-order valence-electron chi connectivity index (χ3n) is 3.70. The van der Waals surface area contributed by atoms with E-state index >= 15 is 0 Å². The molecule has 2 aromatic rings. The number of amides is 1. The number of hydrogen-bond acceptors (Lipinski definition) is 3. The summed E-state index contributed by atoms with van der Waals surface area (Å²) in [5.41, 5.74) is 2.92. The van der Waals surface area contributed by atoms with Crippen LogP contribution in [0.4, 0.5) is 0 Å². The zero-order chi connectivity index (χ0) is 14.7. The molecule has 110 valence electrons. The molecule has 1 aliphatic rings. The van der Waals surface area contributed by atoms with E-state index < -0.39 is 0 Å². The quantitative estimate of drug-likeness (QED) is 0.941. The Morgan fingerprint density at radius 1 is 1.52 bits per heavy atom. The van der Waals surface area contributed by atoms with Gasteiger partial charge in [-0.15, -0.1) is 11.3 Å². The Kier molecular flexibility index (Phi) is 4.20. The van der Waals surface area contributed by atoms with Crippen LogP contribution >= 0.6 is 11.3 Å². The van der Waals surface area contributed by atoms with Crippen molar-refractivity contribution in [3.8, 4) is 0 Å². The molecular weight excluding hydrogens is 282 g/mol. The predicted octanol–water partition coefficient (Wildman–Crippen LogP) is 3.35. The Labute approximate surface area is 128 Å². The van der Waals surface area contributed by atoms with E-state index in [1.54, 1.807) is 11.3 Å². The Hall–Kier alpha value is -1.88. The predicted molar refractivity (Wildman–Crippen MR) is 85.4 cm³/mol. The van der Waals surface area contributed by atoms with Gasteiger partial charge in [-0.05, 0) is 35.9 Å². The fourth-order valence-corrected chi connectivity index (χ4v) is 3.37. The largest absolute Gasteiger partial charge is 0.333 e. The van der Waals surface area contributed by atoms with Gasteiger partial charge in [0, 0.05) is 23.7 Å². The van der Waals surface area contributed by atoms with Crippen LogP contribution in [0.5, 0.6) is 0 Å². The van der Waals surface area contributed by atoms with Crippen molar-refractivity contribution in [1.29, 1.82) is 0 Å². The molecule has 0 spiro atoms. The van der Waals surface area contributed by atoms with E-state index in [1.165, 1.54) is 10.5 Å². The Bertz CT molecular complexity index is 642. The second kappa shape index (κ2) is 6.26. The molecule has 5 heteroatoms. The van der Waals surface area contributed by atoms with Crippen LogP contribution in [-0.2, 0) is 6.42 Å². The monoisotopic (exact) mass is 301 g/mol. The zero-order valence-electron chi connectivity index (χ0n) is 12.1. The number of H-pyrrole nitrogens is 1. The summed E-state index contributed by atoms with van der Waals surface area (Å²) in [6, 6.07) is 6.08. The number of carbonyl (C=O) groups is 1. The van der Waals surface area contributed by atoms with Crippen LogP contribution in [0.25, 0.3) is 5.57 Å². The molecule has 1 amide bonds. The van der Waals surface area contributed by atoms with Gasteiger partial charge >= 0.3 is 0 Å². The van der Waals surface area contributed by atoms with E-state index in [0.29, 0.717) is 12.2 Å². The first-order chi connectivity index (χ1) is 10.3. The molecule has 2 aromatic heterocycles. The lowest BCUT2D eigenvalue weighted by Crippen LogP contribution is -2.34. The van der Waals surface area contributed by atoms with E-state index in [-0.39, 0.29) is 5.91 Å². The van der Waals surface area contributed by atoms with Gasteiger partial charge in [0.1, 0.15) is 5.69 Å².